The molecule has 4 nitrogen and oxygen atoms in total. The summed E-state index contributed by atoms with van der Waals surface area (Å²) in [5, 5.41) is 4.98. The maximum absolute atomic E-state index is 6.40. The fourth-order valence-corrected chi connectivity index (χ4v) is 5.67. The van der Waals surface area contributed by atoms with Gasteiger partial charge in [0, 0.05) is 25.7 Å². The highest BCUT2D eigenvalue weighted by molar-refractivity contribution is 8.01. The van der Waals surface area contributed by atoms with Crippen molar-refractivity contribution in [2.24, 2.45) is 11.1 Å². The van der Waals surface area contributed by atoms with E-state index in [1.165, 1.54) is 12.8 Å². The van der Waals surface area contributed by atoms with Gasteiger partial charge in [-0.25, -0.2) is 0 Å². The Hall–Kier alpha value is -0.0100. The van der Waals surface area contributed by atoms with E-state index in [4.69, 9.17) is 28.9 Å². The summed E-state index contributed by atoms with van der Waals surface area (Å²) in [5.74, 6) is 0. The molecule has 0 aliphatic carbocycles. The molecule has 3 saturated heterocycles. The Kier molecular flexibility index (Phi) is 4.80. The molecule has 132 valence electrons. The number of nitrogens with two attached hydrogens (primary N) is 1. The number of nitrogens with one attached hydrogen (secondary N) is 1. The molecule has 0 spiro atoms. The number of nitrogens with zero attached hydrogens (tertiary/aromatic N) is 2. The number of likely N-dealkylation sites (tertiary alicyclic amines) is 1. The number of hydrogen-bond donors (Lipinski definition) is 2. The lowest BCUT2D eigenvalue weighted by molar-refractivity contribution is 0.0365. The lowest BCUT2D eigenvalue weighted by atomic mass is 9.81. The lowest BCUT2D eigenvalue weighted by Gasteiger charge is -2.51. The number of hydrogen-bond acceptors (Lipinski definition) is 5. The second-order valence-electron chi connectivity index (χ2n) is 7.42. The third-order valence-corrected chi connectivity index (χ3v) is 8.05. The third kappa shape index (κ3) is 2.98. The van der Waals surface area contributed by atoms with Gasteiger partial charge >= 0.3 is 0 Å². The normalized spacial score (nSPS) is 33.2. The van der Waals surface area contributed by atoms with Crippen molar-refractivity contribution in [1.29, 1.82) is 0 Å². The van der Waals surface area contributed by atoms with Gasteiger partial charge in [0.15, 0.2) is 0 Å². The van der Waals surface area contributed by atoms with Gasteiger partial charge in [-0.2, -0.15) is 0 Å². The summed E-state index contributed by atoms with van der Waals surface area (Å²) < 4.78 is 0. The molecule has 3 heterocycles. The Morgan fingerprint density at radius 2 is 2.08 bits per heavy atom. The maximum atomic E-state index is 6.40. The quantitative estimate of drug-likeness (QED) is 0.833. The first kappa shape index (κ1) is 17.4. The van der Waals surface area contributed by atoms with Gasteiger partial charge in [-0.05, 0) is 36.4 Å². The minimum absolute atomic E-state index is 0.248. The fourth-order valence-electron chi connectivity index (χ4n) is 3.84. The average molecular weight is 387 g/mol. The zero-order chi connectivity index (χ0) is 16.9. The van der Waals surface area contributed by atoms with Crippen LogP contribution >= 0.6 is 35.0 Å². The second-order valence-corrected chi connectivity index (χ2v) is 9.35. The van der Waals surface area contributed by atoms with Crippen molar-refractivity contribution in [1.82, 2.24) is 15.1 Å². The van der Waals surface area contributed by atoms with E-state index >= 15 is 0 Å². The number of piperidine rings is 1. The monoisotopic (exact) mass is 386 g/mol. The van der Waals surface area contributed by atoms with E-state index in [9.17, 15) is 0 Å². The molecule has 0 saturated carbocycles. The van der Waals surface area contributed by atoms with Gasteiger partial charge in [-0.1, -0.05) is 54.0 Å². The largest absolute Gasteiger partial charge is 0.330 e. The third-order valence-electron chi connectivity index (χ3n) is 5.74. The van der Waals surface area contributed by atoms with Gasteiger partial charge in [0.2, 0.25) is 0 Å². The van der Waals surface area contributed by atoms with E-state index in [1.54, 1.807) is 0 Å². The summed E-state index contributed by atoms with van der Waals surface area (Å²) in [7, 11) is 0. The Labute approximate surface area is 158 Å². The summed E-state index contributed by atoms with van der Waals surface area (Å²) in [4.78, 5) is 5.14. The van der Waals surface area contributed by atoms with Crippen molar-refractivity contribution >= 4 is 35.0 Å². The fraction of sp³-hybridized carbons (Fsp3) is 0.647. The van der Waals surface area contributed by atoms with Gasteiger partial charge < -0.3 is 5.73 Å². The van der Waals surface area contributed by atoms with Crippen molar-refractivity contribution in [3.8, 4) is 0 Å². The van der Waals surface area contributed by atoms with Crippen molar-refractivity contribution in [2.45, 2.75) is 36.8 Å². The number of fused-ring (bicyclic) bond motifs is 1. The Bertz CT molecular complexity index is 621. The van der Waals surface area contributed by atoms with Crippen LogP contribution in [0.15, 0.2) is 18.2 Å². The SMILES string of the molecule is CC1(CN)CCN(C2SC3NC(c4cccc(Cl)c4Cl)CN32)CC1. The number of rotatable bonds is 3. The predicted molar refractivity (Wildman–Crippen MR) is 102 cm³/mol. The molecule has 1 aromatic rings. The van der Waals surface area contributed by atoms with Crippen molar-refractivity contribution in [3.63, 3.8) is 0 Å². The molecule has 0 radical (unpaired) electrons. The summed E-state index contributed by atoms with van der Waals surface area (Å²) in [6.45, 7) is 6.36. The molecule has 3 aliphatic rings. The standard InChI is InChI=1S/C17H24Cl2N4S/c1-17(10-20)5-7-22(8-6-17)16-23-9-13(21-15(23)24-16)11-3-2-4-12(18)14(11)19/h2-4,13,15-16,21H,5-10,20H2,1H3. The van der Waals surface area contributed by atoms with Crippen molar-refractivity contribution < 1.29 is 0 Å². The average Bonchev–Trinajstić information content (AvgIpc) is 2.89. The van der Waals surface area contributed by atoms with Crippen LogP contribution in [0.4, 0.5) is 0 Å². The number of thioether (sulfide) groups is 1. The predicted octanol–water partition coefficient (Wildman–Crippen LogP) is 3.31. The van der Waals surface area contributed by atoms with Gasteiger partial charge in [-0.3, -0.25) is 15.1 Å². The minimum atomic E-state index is 0.248. The second kappa shape index (κ2) is 6.62. The van der Waals surface area contributed by atoms with Crippen LogP contribution in [-0.4, -0.2) is 47.0 Å². The van der Waals surface area contributed by atoms with Crippen LogP contribution in [0.3, 0.4) is 0 Å². The van der Waals surface area contributed by atoms with E-state index in [2.05, 4.69) is 28.1 Å². The number of halogens is 2. The van der Waals surface area contributed by atoms with Crippen LogP contribution in [0, 0.1) is 5.41 Å². The molecular weight excluding hydrogens is 363 g/mol. The van der Waals surface area contributed by atoms with Crippen LogP contribution in [0.1, 0.15) is 31.4 Å². The molecule has 0 bridgehead atoms. The minimum Gasteiger partial charge on any atom is -0.330 e. The number of benzene rings is 1. The van der Waals surface area contributed by atoms with Crippen LogP contribution < -0.4 is 11.1 Å². The first-order valence-electron chi connectivity index (χ1n) is 8.56. The Balaban J connectivity index is 1.40. The van der Waals surface area contributed by atoms with Crippen molar-refractivity contribution in [3.05, 3.63) is 33.8 Å². The zero-order valence-corrected chi connectivity index (χ0v) is 16.2. The molecule has 1 aromatic carbocycles. The summed E-state index contributed by atoms with van der Waals surface area (Å²) >= 11 is 14.6. The molecular formula is C17H24Cl2N4S. The molecule has 3 unspecified atom stereocenters. The molecule has 4 rings (SSSR count). The first-order valence-corrected chi connectivity index (χ1v) is 10.3. The highest BCUT2D eigenvalue weighted by Gasteiger charge is 2.50. The Morgan fingerprint density at radius 3 is 2.79 bits per heavy atom. The molecule has 3 aliphatic heterocycles. The first-order chi connectivity index (χ1) is 11.5. The lowest BCUT2D eigenvalue weighted by Crippen LogP contribution is -2.60. The topological polar surface area (TPSA) is 44.5 Å². The Morgan fingerprint density at radius 1 is 1.33 bits per heavy atom. The molecule has 0 aromatic heterocycles. The zero-order valence-electron chi connectivity index (χ0n) is 13.8. The van der Waals surface area contributed by atoms with E-state index in [0.717, 1.165) is 31.7 Å². The summed E-state index contributed by atoms with van der Waals surface area (Å²) in [5.41, 5.74) is 8.23. The van der Waals surface area contributed by atoms with Crippen LogP contribution in [-0.2, 0) is 0 Å². The molecule has 0 amide bonds. The van der Waals surface area contributed by atoms with Crippen LogP contribution in [0.25, 0.3) is 0 Å². The van der Waals surface area contributed by atoms with Gasteiger partial charge in [0.05, 0.1) is 10.0 Å². The van der Waals surface area contributed by atoms with Gasteiger partial charge in [-0.15, -0.1) is 0 Å². The van der Waals surface area contributed by atoms with E-state index < -0.39 is 0 Å². The van der Waals surface area contributed by atoms with Gasteiger partial charge in [0.25, 0.3) is 0 Å². The molecule has 24 heavy (non-hydrogen) atoms. The smallest absolute Gasteiger partial charge is 0.115 e. The molecule has 3 fully saturated rings. The van der Waals surface area contributed by atoms with Crippen molar-refractivity contribution in [2.75, 3.05) is 26.2 Å². The molecule has 3 atom stereocenters. The van der Waals surface area contributed by atoms with E-state index in [1.807, 2.05) is 23.9 Å². The van der Waals surface area contributed by atoms with Crippen LogP contribution in [0.5, 0.6) is 0 Å². The summed E-state index contributed by atoms with van der Waals surface area (Å²) in [6.07, 6.45) is 2.38. The van der Waals surface area contributed by atoms with Gasteiger partial charge in [0.1, 0.15) is 11.0 Å². The highest BCUT2D eigenvalue weighted by Crippen LogP contribution is 2.47. The highest BCUT2D eigenvalue weighted by atomic mass is 35.5. The summed E-state index contributed by atoms with van der Waals surface area (Å²) in [6, 6.07) is 6.14. The molecule has 3 N–H and O–H groups in total. The maximum Gasteiger partial charge on any atom is 0.115 e. The van der Waals surface area contributed by atoms with E-state index in [-0.39, 0.29) is 6.04 Å². The van der Waals surface area contributed by atoms with Crippen LogP contribution in [0.2, 0.25) is 10.0 Å². The molecule has 7 heteroatoms. The van der Waals surface area contributed by atoms with E-state index in [0.29, 0.717) is 26.5 Å².